The minimum Gasteiger partial charge on any atom is -0.478 e. The average Bonchev–Trinajstić information content (AvgIpc) is 3.37. The number of carbonyl (C=O) groups is 1. The van der Waals surface area contributed by atoms with Crippen LogP contribution in [0.2, 0.25) is 0 Å². The molecule has 6 nitrogen and oxygen atoms in total. The fourth-order valence-corrected chi connectivity index (χ4v) is 5.52. The number of hydrogen-bond acceptors (Lipinski definition) is 6. The Morgan fingerprint density at radius 1 is 1.31 bits per heavy atom. The van der Waals surface area contributed by atoms with Crippen LogP contribution >= 0.6 is 11.3 Å². The summed E-state index contributed by atoms with van der Waals surface area (Å²) >= 11 is 1.74. The number of rotatable bonds is 6. The van der Waals surface area contributed by atoms with E-state index in [1.807, 2.05) is 0 Å². The number of pyridine rings is 1. The molecule has 1 unspecified atom stereocenters. The van der Waals surface area contributed by atoms with Crippen LogP contribution in [0.3, 0.4) is 0 Å². The van der Waals surface area contributed by atoms with Gasteiger partial charge in [-0.25, -0.2) is 14.8 Å². The molecule has 2 aliphatic rings. The largest absolute Gasteiger partial charge is 0.478 e. The molecule has 7 heteroatoms. The maximum Gasteiger partial charge on any atom is 0.337 e. The third-order valence-electron chi connectivity index (χ3n) is 6.27. The Morgan fingerprint density at radius 2 is 2.03 bits per heavy atom. The topological polar surface area (TPSA) is 75.5 Å². The summed E-state index contributed by atoms with van der Waals surface area (Å²) in [5.74, 6) is 0.438. The Bertz CT molecular complexity index is 916. The van der Waals surface area contributed by atoms with Gasteiger partial charge in [0.15, 0.2) is 5.13 Å². The van der Waals surface area contributed by atoms with E-state index in [9.17, 15) is 9.90 Å². The monoisotopic (exact) mass is 415 g/mol. The van der Waals surface area contributed by atoms with Crippen LogP contribution in [0.15, 0.2) is 18.3 Å². The van der Waals surface area contributed by atoms with Crippen molar-refractivity contribution in [3.8, 4) is 0 Å². The fourth-order valence-electron chi connectivity index (χ4n) is 4.16. The summed E-state index contributed by atoms with van der Waals surface area (Å²) in [5, 5.41) is 10.1. The quantitative estimate of drug-likeness (QED) is 0.733. The second-order valence-electron chi connectivity index (χ2n) is 9.47. The Hall–Kier alpha value is -1.99. The number of anilines is 2. The van der Waals surface area contributed by atoms with Gasteiger partial charge < -0.3 is 14.7 Å². The first-order chi connectivity index (χ1) is 13.6. The van der Waals surface area contributed by atoms with Gasteiger partial charge >= 0.3 is 5.97 Å². The first kappa shape index (κ1) is 20.3. The number of aromatic nitrogens is 2. The number of thiazole rings is 1. The van der Waals surface area contributed by atoms with Gasteiger partial charge in [-0.1, -0.05) is 27.7 Å². The van der Waals surface area contributed by atoms with Gasteiger partial charge in [-0.15, -0.1) is 11.3 Å². The van der Waals surface area contributed by atoms with Crippen LogP contribution in [0.25, 0.3) is 0 Å². The molecule has 0 amide bonds. The highest BCUT2D eigenvalue weighted by Gasteiger charge is 2.47. The lowest BCUT2D eigenvalue weighted by atomic mass is 9.67. The van der Waals surface area contributed by atoms with E-state index < -0.39 is 5.97 Å². The normalized spacial score (nSPS) is 22.2. The van der Waals surface area contributed by atoms with E-state index in [-0.39, 0.29) is 22.5 Å². The van der Waals surface area contributed by atoms with Crippen LogP contribution < -0.4 is 4.90 Å². The molecule has 4 rings (SSSR count). The molecule has 1 N–H and O–H groups in total. The summed E-state index contributed by atoms with van der Waals surface area (Å²) in [4.78, 5) is 24.3. The summed E-state index contributed by atoms with van der Waals surface area (Å²) in [7, 11) is 1.79. The number of methoxy groups -OCH3 is 1. The van der Waals surface area contributed by atoms with Crippen molar-refractivity contribution >= 4 is 28.3 Å². The number of aromatic carboxylic acids is 1. The molecule has 0 aliphatic heterocycles. The van der Waals surface area contributed by atoms with E-state index in [0.29, 0.717) is 5.92 Å². The molecule has 0 saturated heterocycles. The van der Waals surface area contributed by atoms with Crippen molar-refractivity contribution in [2.24, 2.45) is 5.92 Å². The van der Waals surface area contributed by atoms with Crippen LogP contribution in [0, 0.1) is 5.92 Å². The fraction of sp³-hybridized carbons (Fsp3) is 0.591. The zero-order valence-corrected chi connectivity index (χ0v) is 18.5. The number of hydrogen-bond donors (Lipinski definition) is 1. The van der Waals surface area contributed by atoms with E-state index in [2.05, 4.69) is 37.6 Å². The molecule has 0 spiro atoms. The van der Waals surface area contributed by atoms with E-state index in [0.717, 1.165) is 29.6 Å². The van der Waals surface area contributed by atoms with E-state index in [4.69, 9.17) is 9.72 Å². The minimum atomic E-state index is -0.961. The van der Waals surface area contributed by atoms with Gasteiger partial charge in [0.25, 0.3) is 0 Å². The lowest BCUT2D eigenvalue weighted by molar-refractivity contribution is 0.0136. The van der Waals surface area contributed by atoms with Crippen LogP contribution in [-0.4, -0.2) is 40.8 Å². The first-order valence-corrected chi connectivity index (χ1v) is 11.0. The molecular formula is C22H29N3O3S. The van der Waals surface area contributed by atoms with E-state index >= 15 is 0 Å². The van der Waals surface area contributed by atoms with Crippen molar-refractivity contribution in [1.82, 2.24) is 9.97 Å². The van der Waals surface area contributed by atoms with Gasteiger partial charge in [0.2, 0.25) is 0 Å². The van der Waals surface area contributed by atoms with Crippen LogP contribution in [0.5, 0.6) is 0 Å². The molecule has 2 aliphatic carbocycles. The average molecular weight is 416 g/mol. The minimum absolute atomic E-state index is 0.00666. The molecule has 2 aromatic rings. The van der Waals surface area contributed by atoms with Gasteiger partial charge in [0, 0.05) is 35.6 Å². The molecule has 0 bridgehead atoms. The van der Waals surface area contributed by atoms with E-state index in [1.54, 1.807) is 30.6 Å². The predicted octanol–water partition coefficient (Wildman–Crippen LogP) is 4.76. The molecule has 1 fully saturated rings. The van der Waals surface area contributed by atoms with Crippen LogP contribution in [0.4, 0.5) is 10.9 Å². The molecule has 1 atom stereocenters. The molecule has 0 aromatic carbocycles. The number of fused-ring (bicyclic) bond motifs is 1. The highest BCUT2D eigenvalue weighted by Crippen LogP contribution is 2.51. The SMILES string of the molecule is COC1CC(C)(C)c2sc(N(CC3CC3)c3ccc(C(=O)O)cn3)nc2C1(C)C. The molecular weight excluding hydrogens is 386 g/mol. The number of ether oxygens (including phenoxy) is 1. The predicted molar refractivity (Wildman–Crippen MR) is 115 cm³/mol. The van der Waals surface area contributed by atoms with Crippen LogP contribution in [-0.2, 0) is 15.6 Å². The van der Waals surface area contributed by atoms with Crippen molar-refractivity contribution in [3.63, 3.8) is 0 Å². The summed E-state index contributed by atoms with van der Waals surface area (Å²) in [6.07, 6.45) is 4.94. The standard InChI is InChI=1S/C22H29N3O3S/c1-21(2)10-15(28-5)22(3,4)17-18(21)29-20(24-17)25(12-13-6-7-13)16-9-8-14(11-23-16)19(26)27/h8-9,11,13,15H,6-7,10,12H2,1-5H3,(H,26,27). The Morgan fingerprint density at radius 3 is 2.59 bits per heavy atom. The van der Waals surface area contributed by atoms with Gasteiger partial charge in [-0.3, -0.25) is 0 Å². The molecule has 0 radical (unpaired) electrons. The van der Waals surface area contributed by atoms with Gasteiger partial charge in [0.05, 0.1) is 17.4 Å². The maximum atomic E-state index is 11.2. The summed E-state index contributed by atoms with van der Waals surface area (Å²) < 4.78 is 5.85. The zero-order valence-electron chi connectivity index (χ0n) is 17.7. The number of carboxylic acids is 1. The Kier molecular flexibility index (Phi) is 4.94. The van der Waals surface area contributed by atoms with Crippen molar-refractivity contribution in [3.05, 3.63) is 34.5 Å². The van der Waals surface area contributed by atoms with Gasteiger partial charge in [0.1, 0.15) is 5.82 Å². The smallest absolute Gasteiger partial charge is 0.337 e. The van der Waals surface area contributed by atoms with Crippen molar-refractivity contribution in [1.29, 1.82) is 0 Å². The third kappa shape index (κ3) is 3.66. The van der Waals surface area contributed by atoms with Crippen molar-refractivity contribution in [2.45, 2.75) is 63.9 Å². The molecule has 2 heterocycles. The lowest BCUT2D eigenvalue weighted by Gasteiger charge is -2.43. The van der Waals surface area contributed by atoms with E-state index in [1.165, 1.54) is 23.9 Å². The Labute approximate surface area is 175 Å². The molecule has 156 valence electrons. The second-order valence-corrected chi connectivity index (χ2v) is 10.4. The van der Waals surface area contributed by atoms with Crippen molar-refractivity contribution in [2.75, 3.05) is 18.6 Å². The summed E-state index contributed by atoms with van der Waals surface area (Å²) in [5.41, 5.74) is 1.14. The highest BCUT2D eigenvalue weighted by atomic mass is 32.1. The first-order valence-electron chi connectivity index (χ1n) is 10.1. The second kappa shape index (κ2) is 7.06. The third-order valence-corrected chi connectivity index (χ3v) is 7.71. The molecule has 2 aromatic heterocycles. The van der Waals surface area contributed by atoms with Crippen LogP contribution in [0.1, 0.15) is 67.9 Å². The number of carboxylic acid groups (broad SMARTS) is 1. The summed E-state index contributed by atoms with van der Waals surface area (Å²) in [6.45, 7) is 9.81. The van der Waals surface area contributed by atoms with Gasteiger partial charge in [-0.05, 0) is 37.3 Å². The highest BCUT2D eigenvalue weighted by molar-refractivity contribution is 7.16. The summed E-state index contributed by atoms with van der Waals surface area (Å²) in [6, 6.07) is 3.41. The Balaban J connectivity index is 1.77. The van der Waals surface area contributed by atoms with Gasteiger partial charge in [-0.2, -0.15) is 0 Å². The number of nitrogens with zero attached hydrogens (tertiary/aromatic N) is 3. The molecule has 29 heavy (non-hydrogen) atoms. The maximum absolute atomic E-state index is 11.2. The lowest BCUT2D eigenvalue weighted by Crippen LogP contribution is -2.45. The molecule has 1 saturated carbocycles. The van der Waals surface area contributed by atoms with Crippen molar-refractivity contribution < 1.29 is 14.6 Å². The zero-order chi connectivity index (χ0) is 21.0.